The average Bonchev–Trinajstić information content (AvgIpc) is 2.63. The van der Waals surface area contributed by atoms with E-state index in [-0.39, 0.29) is 0 Å². The van der Waals surface area contributed by atoms with Crippen molar-refractivity contribution in [2.75, 3.05) is 20.0 Å². The molecule has 0 aliphatic heterocycles. The Morgan fingerprint density at radius 1 is 1.33 bits per heavy atom. The minimum Gasteiger partial charge on any atom is -0.388 e. The van der Waals surface area contributed by atoms with E-state index >= 15 is 0 Å². The van der Waals surface area contributed by atoms with E-state index < -0.39 is 0 Å². The van der Waals surface area contributed by atoms with Crippen molar-refractivity contribution in [3.63, 3.8) is 0 Å². The predicted molar refractivity (Wildman–Crippen MR) is 58.3 cm³/mol. The lowest BCUT2D eigenvalue weighted by Crippen LogP contribution is -1.96. The molecule has 0 amide bonds. The van der Waals surface area contributed by atoms with Gasteiger partial charge in [0.1, 0.15) is 11.8 Å². The zero-order valence-corrected chi connectivity index (χ0v) is 9.14. The molecular formula is C9H15N5O. The van der Waals surface area contributed by atoms with Gasteiger partial charge in [0.05, 0.1) is 6.33 Å². The molecule has 0 saturated heterocycles. The predicted octanol–water partition coefficient (Wildman–Crippen LogP) is 0.691. The van der Waals surface area contributed by atoms with Crippen LogP contribution >= 0.6 is 0 Å². The highest BCUT2D eigenvalue weighted by Crippen LogP contribution is 2.13. The second-order valence-corrected chi connectivity index (χ2v) is 2.87. The molecule has 6 heteroatoms. The highest BCUT2D eigenvalue weighted by atomic mass is 16.4. The van der Waals surface area contributed by atoms with Gasteiger partial charge in [0, 0.05) is 20.8 Å². The van der Waals surface area contributed by atoms with Crippen molar-refractivity contribution in [2.24, 2.45) is 0 Å². The molecule has 2 aromatic heterocycles. The van der Waals surface area contributed by atoms with Crippen molar-refractivity contribution in [1.29, 1.82) is 0 Å². The molecule has 2 heterocycles. The van der Waals surface area contributed by atoms with Gasteiger partial charge in [-0.3, -0.25) is 0 Å². The number of hydrogen-bond donors (Lipinski definition) is 1. The number of fused-ring (bicyclic) bond motifs is 1. The van der Waals surface area contributed by atoms with E-state index in [0.29, 0.717) is 11.3 Å². The molecule has 0 aliphatic rings. The summed E-state index contributed by atoms with van der Waals surface area (Å²) in [6.07, 6.45) is 3.17. The van der Waals surface area contributed by atoms with Gasteiger partial charge >= 0.3 is 0 Å². The van der Waals surface area contributed by atoms with Crippen molar-refractivity contribution >= 4 is 17.0 Å². The molecule has 0 aromatic carbocycles. The monoisotopic (exact) mass is 209 g/mol. The summed E-state index contributed by atoms with van der Waals surface area (Å²) in [5.41, 5.74) is 7.07. The zero-order valence-electron chi connectivity index (χ0n) is 9.14. The Labute approximate surface area is 88.1 Å². The Kier molecular flexibility index (Phi) is 3.99. The molecule has 2 N–H and O–H groups in total. The number of nitrogens with two attached hydrogens (primary N) is 1. The molecule has 82 valence electrons. The standard InChI is InChI=1S/C7H9N5.C2H6O/c1-2-12-4-11-5-6(8)9-3-10-7(5)12;1-3-2/h3-4H,2H2,1H3,(H2,8,9,10);1-2H3. The molecular weight excluding hydrogens is 194 g/mol. The number of nitrogen functional groups attached to an aromatic ring is 1. The van der Waals surface area contributed by atoms with Gasteiger partial charge in [0.15, 0.2) is 11.5 Å². The largest absolute Gasteiger partial charge is 0.388 e. The maximum atomic E-state index is 5.60. The van der Waals surface area contributed by atoms with Crippen molar-refractivity contribution in [2.45, 2.75) is 13.5 Å². The Bertz CT molecular complexity index is 425. The van der Waals surface area contributed by atoms with Gasteiger partial charge in [0.25, 0.3) is 0 Å². The van der Waals surface area contributed by atoms with E-state index in [9.17, 15) is 0 Å². The summed E-state index contributed by atoms with van der Waals surface area (Å²) in [4.78, 5) is 12.0. The smallest absolute Gasteiger partial charge is 0.165 e. The van der Waals surface area contributed by atoms with Crippen LogP contribution in [0, 0.1) is 0 Å². The number of rotatable bonds is 1. The SMILES string of the molecule is CCn1cnc2c(N)ncnc21.COC. The summed E-state index contributed by atoms with van der Waals surface area (Å²) in [7, 11) is 3.25. The number of imidazole rings is 1. The van der Waals surface area contributed by atoms with Crippen LogP contribution in [-0.4, -0.2) is 33.7 Å². The van der Waals surface area contributed by atoms with Crippen molar-refractivity contribution in [1.82, 2.24) is 19.5 Å². The molecule has 0 spiro atoms. The van der Waals surface area contributed by atoms with Crippen LogP contribution < -0.4 is 5.73 Å². The molecule has 0 saturated carbocycles. The first kappa shape index (κ1) is 11.4. The summed E-state index contributed by atoms with van der Waals surface area (Å²) in [6, 6.07) is 0. The lowest BCUT2D eigenvalue weighted by atomic mass is 10.5. The van der Waals surface area contributed by atoms with Gasteiger partial charge in [-0.1, -0.05) is 0 Å². The third kappa shape index (κ3) is 2.41. The summed E-state index contributed by atoms with van der Waals surface area (Å²) in [5, 5.41) is 0. The Morgan fingerprint density at radius 3 is 2.60 bits per heavy atom. The van der Waals surface area contributed by atoms with Gasteiger partial charge in [0.2, 0.25) is 0 Å². The van der Waals surface area contributed by atoms with Crippen molar-refractivity contribution < 1.29 is 4.74 Å². The third-order valence-electron chi connectivity index (χ3n) is 1.77. The third-order valence-corrected chi connectivity index (χ3v) is 1.77. The van der Waals surface area contributed by atoms with Gasteiger partial charge < -0.3 is 15.0 Å². The van der Waals surface area contributed by atoms with E-state index in [1.54, 1.807) is 20.5 Å². The fourth-order valence-electron chi connectivity index (χ4n) is 1.13. The summed E-state index contributed by atoms with van der Waals surface area (Å²) >= 11 is 0. The number of ether oxygens (including phenoxy) is 1. The highest BCUT2D eigenvalue weighted by Gasteiger charge is 2.04. The zero-order chi connectivity index (χ0) is 11.3. The molecule has 0 aliphatic carbocycles. The normalized spacial score (nSPS) is 9.80. The Morgan fingerprint density at radius 2 is 2.00 bits per heavy atom. The number of methoxy groups -OCH3 is 1. The number of aromatic nitrogens is 4. The lowest BCUT2D eigenvalue weighted by molar-refractivity contribution is 0.277. The molecule has 0 atom stereocenters. The topological polar surface area (TPSA) is 78.9 Å². The van der Waals surface area contributed by atoms with Gasteiger partial charge in [-0.25, -0.2) is 15.0 Å². The van der Waals surface area contributed by atoms with Crippen LogP contribution in [0.3, 0.4) is 0 Å². The molecule has 15 heavy (non-hydrogen) atoms. The van der Waals surface area contributed by atoms with Crippen LogP contribution in [0.4, 0.5) is 5.82 Å². The number of aryl methyl sites for hydroxylation is 1. The molecule has 0 bridgehead atoms. The van der Waals surface area contributed by atoms with Crippen LogP contribution in [0.15, 0.2) is 12.7 Å². The van der Waals surface area contributed by atoms with Crippen molar-refractivity contribution in [3.05, 3.63) is 12.7 Å². The average molecular weight is 209 g/mol. The van der Waals surface area contributed by atoms with Crippen LogP contribution in [0.5, 0.6) is 0 Å². The van der Waals surface area contributed by atoms with E-state index in [2.05, 4.69) is 19.7 Å². The van der Waals surface area contributed by atoms with E-state index in [4.69, 9.17) is 5.73 Å². The first-order valence-electron chi connectivity index (χ1n) is 4.56. The molecule has 2 rings (SSSR count). The molecule has 0 radical (unpaired) electrons. The first-order chi connectivity index (χ1) is 7.24. The fourth-order valence-corrected chi connectivity index (χ4v) is 1.13. The minimum absolute atomic E-state index is 0.437. The van der Waals surface area contributed by atoms with Crippen molar-refractivity contribution in [3.8, 4) is 0 Å². The summed E-state index contributed by atoms with van der Waals surface area (Å²) in [5.74, 6) is 0.437. The van der Waals surface area contributed by atoms with E-state index in [1.807, 2.05) is 11.5 Å². The van der Waals surface area contributed by atoms with E-state index in [0.717, 1.165) is 12.2 Å². The number of anilines is 1. The highest BCUT2D eigenvalue weighted by molar-refractivity contribution is 5.80. The summed E-state index contributed by atoms with van der Waals surface area (Å²) < 4.78 is 6.17. The Hall–Kier alpha value is -1.69. The summed E-state index contributed by atoms with van der Waals surface area (Å²) in [6.45, 7) is 2.87. The fraction of sp³-hybridized carbons (Fsp3) is 0.444. The van der Waals surface area contributed by atoms with Crippen LogP contribution in [0.1, 0.15) is 6.92 Å². The van der Waals surface area contributed by atoms with Crippen LogP contribution in [-0.2, 0) is 11.3 Å². The number of hydrogen-bond acceptors (Lipinski definition) is 5. The second-order valence-electron chi connectivity index (χ2n) is 2.87. The lowest BCUT2D eigenvalue weighted by Gasteiger charge is -1.96. The van der Waals surface area contributed by atoms with Crippen LogP contribution in [0.2, 0.25) is 0 Å². The maximum Gasteiger partial charge on any atom is 0.165 e. The van der Waals surface area contributed by atoms with Gasteiger partial charge in [-0.2, -0.15) is 0 Å². The molecule has 6 nitrogen and oxygen atoms in total. The van der Waals surface area contributed by atoms with Crippen LogP contribution in [0.25, 0.3) is 11.2 Å². The molecule has 0 unspecified atom stereocenters. The molecule has 0 fully saturated rings. The second kappa shape index (κ2) is 5.26. The van der Waals surface area contributed by atoms with Gasteiger partial charge in [-0.15, -0.1) is 0 Å². The maximum absolute atomic E-state index is 5.60. The van der Waals surface area contributed by atoms with E-state index in [1.165, 1.54) is 6.33 Å². The minimum atomic E-state index is 0.437. The number of nitrogens with zero attached hydrogens (tertiary/aromatic N) is 4. The first-order valence-corrected chi connectivity index (χ1v) is 4.56. The van der Waals surface area contributed by atoms with Gasteiger partial charge in [-0.05, 0) is 6.92 Å². The molecule has 2 aromatic rings. The quantitative estimate of drug-likeness (QED) is 0.747. The Balaban J connectivity index is 0.000000337.